The smallest absolute Gasteiger partial charge is 0.247 e. The van der Waals surface area contributed by atoms with Crippen molar-refractivity contribution in [1.29, 1.82) is 0 Å². The predicted octanol–water partition coefficient (Wildman–Crippen LogP) is 2.08. The zero-order chi connectivity index (χ0) is 14.0. The van der Waals surface area contributed by atoms with E-state index in [9.17, 15) is 9.59 Å². The van der Waals surface area contributed by atoms with E-state index >= 15 is 0 Å². The van der Waals surface area contributed by atoms with Gasteiger partial charge in [-0.25, -0.2) is 0 Å². The zero-order valence-electron chi connectivity index (χ0n) is 12.3. The molecule has 19 heavy (non-hydrogen) atoms. The van der Waals surface area contributed by atoms with Crippen LogP contribution in [0.2, 0.25) is 0 Å². The van der Waals surface area contributed by atoms with Crippen molar-refractivity contribution in [2.24, 2.45) is 5.92 Å². The molecule has 108 valence electrons. The topological polar surface area (TPSA) is 49.4 Å². The van der Waals surface area contributed by atoms with Crippen LogP contribution in [0.3, 0.4) is 0 Å². The fourth-order valence-corrected chi connectivity index (χ4v) is 3.41. The number of amides is 2. The summed E-state index contributed by atoms with van der Waals surface area (Å²) in [6.45, 7) is 5.94. The average Bonchev–Trinajstić information content (AvgIpc) is 2.65. The Morgan fingerprint density at radius 3 is 2.26 bits per heavy atom. The molecule has 0 aromatic rings. The summed E-state index contributed by atoms with van der Waals surface area (Å²) in [6, 6.07) is -0.00206. The van der Waals surface area contributed by atoms with E-state index in [1.165, 1.54) is 37.0 Å². The maximum Gasteiger partial charge on any atom is 0.247 e. The average molecular weight is 266 g/mol. The van der Waals surface area contributed by atoms with Gasteiger partial charge in [-0.3, -0.25) is 14.5 Å². The van der Waals surface area contributed by atoms with Crippen LogP contribution in [0.1, 0.15) is 59.3 Å². The first kappa shape index (κ1) is 14.5. The van der Waals surface area contributed by atoms with Crippen molar-refractivity contribution in [3.63, 3.8) is 0 Å². The van der Waals surface area contributed by atoms with Gasteiger partial charge in [0, 0.05) is 12.1 Å². The Kier molecular flexibility index (Phi) is 4.61. The number of nitrogens with one attached hydrogen (secondary N) is 1. The minimum Gasteiger partial charge on any atom is -0.303 e. The summed E-state index contributed by atoms with van der Waals surface area (Å²) >= 11 is 0. The molecule has 2 aliphatic rings. The number of imide groups is 1. The van der Waals surface area contributed by atoms with Crippen molar-refractivity contribution in [2.45, 2.75) is 77.4 Å². The van der Waals surface area contributed by atoms with E-state index in [2.05, 4.69) is 12.2 Å². The molecule has 2 rings (SSSR count). The van der Waals surface area contributed by atoms with Gasteiger partial charge >= 0.3 is 0 Å². The maximum atomic E-state index is 12.2. The lowest BCUT2D eigenvalue weighted by Crippen LogP contribution is -2.47. The Hall–Kier alpha value is -0.900. The normalized spacial score (nSPS) is 27.4. The Morgan fingerprint density at radius 1 is 1.11 bits per heavy atom. The molecule has 1 aliphatic carbocycles. The molecule has 1 aliphatic heterocycles. The monoisotopic (exact) mass is 266 g/mol. The van der Waals surface area contributed by atoms with Crippen LogP contribution in [-0.2, 0) is 9.59 Å². The highest BCUT2D eigenvalue weighted by molar-refractivity contribution is 6.05. The van der Waals surface area contributed by atoms with Crippen LogP contribution in [0.5, 0.6) is 0 Å². The Labute approximate surface area is 115 Å². The minimum atomic E-state index is -0.299. The van der Waals surface area contributed by atoms with Gasteiger partial charge in [0.25, 0.3) is 0 Å². The second kappa shape index (κ2) is 6.04. The third-order valence-electron chi connectivity index (χ3n) is 4.52. The van der Waals surface area contributed by atoms with Crippen LogP contribution in [0.15, 0.2) is 0 Å². The fraction of sp³-hybridized carbons (Fsp3) is 0.867. The maximum absolute atomic E-state index is 12.2. The summed E-state index contributed by atoms with van der Waals surface area (Å²) in [4.78, 5) is 25.5. The largest absolute Gasteiger partial charge is 0.303 e. The third kappa shape index (κ3) is 3.16. The third-order valence-corrected chi connectivity index (χ3v) is 4.52. The summed E-state index contributed by atoms with van der Waals surface area (Å²) < 4.78 is 0. The van der Waals surface area contributed by atoms with E-state index in [0.29, 0.717) is 18.4 Å². The second-order valence-corrected chi connectivity index (χ2v) is 6.31. The molecule has 2 atom stereocenters. The molecule has 0 aromatic carbocycles. The number of carbonyl (C=O) groups excluding carboxylic acids is 2. The Balaban J connectivity index is 1.92. The molecular formula is C15H26N2O2. The highest BCUT2D eigenvalue weighted by Gasteiger charge is 2.40. The van der Waals surface area contributed by atoms with Crippen molar-refractivity contribution < 1.29 is 9.59 Å². The lowest BCUT2D eigenvalue weighted by molar-refractivity contribution is -0.140. The lowest BCUT2D eigenvalue weighted by atomic mass is 9.84. The summed E-state index contributed by atoms with van der Waals surface area (Å²) in [6.07, 6.45) is 6.76. The molecule has 1 N–H and O–H groups in total. The van der Waals surface area contributed by atoms with Gasteiger partial charge in [0.2, 0.25) is 11.8 Å². The van der Waals surface area contributed by atoms with E-state index < -0.39 is 0 Å². The molecule has 4 nitrogen and oxygen atoms in total. The van der Waals surface area contributed by atoms with Crippen molar-refractivity contribution >= 4 is 11.8 Å². The number of hydrogen-bond acceptors (Lipinski definition) is 3. The standard InChI is InChI=1S/C15H26N2O2/c1-10(2)17-14(18)9-13(15(17)19)16-11(3)12-7-5-4-6-8-12/h10-13,16H,4-9H2,1-3H3. The SMILES string of the molecule is CC(NC1CC(=O)N(C(C)C)C1=O)C1CCCCC1. The molecule has 2 unspecified atom stereocenters. The molecule has 4 heteroatoms. The molecule has 0 aromatic heterocycles. The van der Waals surface area contributed by atoms with E-state index in [-0.39, 0.29) is 23.9 Å². The molecule has 1 saturated heterocycles. The number of likely N-dealkylation sites (tertiary alicyclic amines) is 1. The van der Waals surface area contributed by atoms with E-state index in [0.717, 1.165) is 0 Å². The van der Waals surface area contributed by atoms with Gasteiger partial charge in [0.05, 0.1) is 12.5 Å². The molecule has 1 heterocycles. The molecular weight excluding hydrogens is 240 g/mol. The Morgan fingerprint density at radius 2 is 1.74 bits per heavy atom. The van der Waals surface area contributed by atoms with Gasteiger partial charge in [0.1, 0.15) is 0 Å². The van der Waals surface area contributed by atoms with Crippen molar-refractivity contribution in [2.75, 3.05) is 0 Å². The van der Waals surface area contributed by atoms with Crippen molar-refractivity contribution in [3.05, 3.63) is 0 Å². The van der Waals surface area contributed by atoms with E-state index in [4.69, 9.17) is 0 Å². The molecule has 2 amide bonds. The summed E-state index contributed by atoms with van der Waals surface area (Å²) in [5.74, 6) is 0.584. The first-order valence-corrected chi connectivity index (χ1v) is 7.62. The van der Waals surface area contributed by atoms with Crippen LogP contribution >= 0.6 is 0 Å². The summed E-state index contributed by atoms with van der Waals surface area (Å²) in [5, 5.41) is 3.40. The van der Waals surface area contributed by atoms with Crippen LogP contribution in [-0.4, -0.2) is 34.8 Å². The highest BCUT2D eigenvalue weighted by Crippen LogP contribution is 2.27. The van der Waals surface area contributed by atoms with Gasteiger partial charge < -0.3 is 5.32 Å². The van der Waals surface area contributed by atoms with Gasteiger partial charge in [-0.1, -0.05) is 19.3 Å². The van der Waals surface area contributed by atoms with Crippen molar-refractivity contribution in [3.8, 4) is 0 Å². The first-order chi connectivity index (χ1) is 9.00. The van der Waals surface area contributed by atoms with Gasteiger partial charge in [-0.05, 0) is 39.5 Å². The quantitative estimate of drug-likeness (QED) is 0.793. The van der Waals surface area contributed by atoms with Gasteiger partial charge in [-0.15, -0.1) is 0 Å². The number of rotatable bonds is 4. The van der Waals surface area contributed by atoms with Gasteiger partial charge in [0.15, 0.2) is 0 Å². The van der Waals surface area contributed by atoms with Crippen LogP contribution in [0, 0.1) is 5.92 Å². The van der Waals surface area contributed by atoms with Crippen LogP contribution < -0.4 is 5.32 Å². The molecule has 0 spiro atoms. The lowest BCUT2D eigenvalue weighted by Gasteiger charge is -2.30. The van der Waals surface area contributed by atoms with E-state index in [1.807, 2.05) is 13.8 Å². The number of hydrogen-bond donors (Lipinski definition) is 1. The van der Waals surface area contributed by atoms with E-state index in [1.54, 1.807) is 0 Å². The molecule has 1 saturated carbocycles. The van der Waals surface area contributed by atoms with Gasteiger partial charge in [-0.2, -0.15) is 0 Å². The summed E-state index contributed by atoms with van der Waals surface area (Å²) in [5.41, 5.74) is 0. The Bertz CT molecular complexity index is 348. The second-order valence-electron chi connectivity index (χ2n) is 6.31. The molecule has 0 bridgehead atoms. The zero-order valence-corrected chi connectivity index (χ0v) is 12.3. The van der Waals surface area contributed by atoms with Crippen LogP contribution in [0.25, 0.3) is 0 Å². The number of carbonyl (C=O) groups is 2. The predicted molar refractivity (Wildman–Crippen MR) is 74.6 cm³/mol. The molecule has 0 radical (unpaired) electrons. The first-order valence-electron chi connectivity index (χ1n) is 7.62. The summed E-state index contributed by atoms with van der Waals surface area (Å²) in [7, 11) is 0. The minimum absolute atomic E-state index is 0.0308. The molecule has 2 fully saturated rings. The van der Waals surface area contributed by atoms with Crippen molar-refractivity contribution in [1.82, 2.24) is 10.2 Å². The van der Waals surface area contributed by atoms with Crippen LogP contribution in [0.4, 0.5) is 0 Å². The highest BCUT2D eigenvalue weighted by atomic mass is 16.2. The fourth-order valence-electron chi connectivity index (χ4n) is 3.41. The number of nitrogens with zero attached hydrogens (tertiary/aromatic N) is 1.